The predicted molar refractivity (Wildman–Crippen MR) is 423 cm³/mol. The maximum Gasteiger partial charge on any atom is 0.333 e. The number of fused-ring (bicyclic) bond motifs is 24. The van der Waals surface area contributed by atoms with Gasteiger partial charge >= 0.3 is 13.7 Å². The molecule has 6 nitrogen and oxygen atoms in total. The Morgan fingerprint density at radius 1 is 0.230 bits per heavy atom. The minimum atomic E-state index is -0.140. The molecule has 0 spiro atoms. The van der Waals surface area contributed by atoms with Crippen molar-refractivity contribution in [1.82, 2.24) is 18.1 Å². The molecule has 0 radical (unpaired) electrons. The van der Waals surface area contributed by atoms with E-state index >= 15 is 0 Å². The molecule has 0 fully saturated rings. The number of hydrogen-bond acceptors (Lipinski definition) is 2. The molecule has 0 atom stereocenters. The highest BCUT2D eigenvalue weighted by Gasteiger charge is 2.47. The van der Waals surface area contributed by atoms with Gasteiger partial charge in [0.05, 0.1) is 33.8 Å². The van der Waals surface area contributed by atoms with E-state index in [1.807, 2.05) is 0 Å². The Bertz CT molecular complexity index is 7070. The Labute approximate surface area is 575 Å². The number of aromatic nitrogens is 4. The number of benzene rings is 16. The van der Waals surface area contributed by atoms with Gasteiger partial charge in [0.15, 0.2) is 0 Å². The molecule has 4 aromatic heterocycles. The molecule has 20 aromatic rings. The highest BCUT2D eigenvalue weighted by atomic mass is 15.2. The lowest BCUT2D eigenvalue weighted by Gasteiger charge is -2.42. The van der Waals surface area contributed by atoms with Crippen molar-refractivity contribution in [3.05, 3.63) is 328 Å². The Kier molecular flexibility index (Phi) is 10.3. The maximum absolute atomic E-state index is 2.72. The Morgan fingerprint density at radius 2 is 0.830 bits per heavy atom. The van der Waals surface area contributed by atoms with Gasteiger partial charge in [-0.3, -0.25) is 0 Å². The third-order valence-electron chi connectivity index (χ3n) is 23.0. The van der Waals surface area contributed by atoms with E-state index in [2.05, 4.69) is 356 Å². The van der Waals surface area contributed by atoms with E-state index in [4.69, 9.17) is 0 Å². The van der Waals surface area contributed by atoms with Gasteiger partial charge in [0.1, 0.15) is 0 Å². The molecular formula is C92H54B2N6. The minimum Gasteiger partial charge on any atom is -0.375 e. The summed E-state index contributed by atoms with van der Waals surface area (Å²) >= 11 is 0. The van der Waals surface area contributed by atoms with Gasteiger partial charge in [-0.15, -0.1) is 0 Å². The first-order valence-electron chi connectivity index (χ1n) is 34.9. The summed E-state index contributed by atoms with van der Waals surface area (Å²) in [7, 11) is 0. The second kappa shape index (κ2) is 19.4. The van der Waals surface area contributed by atoms with E-state index in [-0.39, 0.29) is 13.7 Å². The lowest BCUT2D eigenvalue weighted by molar-refractivity contribution is 1.12. The van der Waals surface area contributed by atoms with Gasteiger partial charge in [-0.25, -0.2) is 0 Å². The topological polar surface area (TPSA) is 26.2 Å². The van der Waals surface area contributed by atoms with Crippen LogP contribution in [0.4, 0.5) is 34.1 Å². The second-order valence-electron chi connectivity index (χ2n) is 27.8. The van der Waals surface area contributed by atoms with Gasteiger partial charge in [0.2, 0.25) is 0 Å². The van der Waals surface area contributed by atoms with Crippen molar-refractivity contribution in [2.24, 2.45) is 0 Å². The zero-order valence-corrected chi connectivity index (χ0v) is 54.0. The van der Waals surface area contributed by atoms with Crippen LogP contribution in [-0.2, 0) is 0 Å². The van der Waals surface area contributed by atoms with E-state index in [1.165, 1.54) is 186 Å². The van der Waals surface area contributed by atoms with Crippen molar-refractivity contribution in [3.63, 3.8) is 0 Å². The summed E-state index contributed by atoms with van der Waals surface area (Å²) in [6.45, 7) is -0.268. The summed E-state index contributed by atoms with van der Waals surface area (Å²) in [5, 5.41) is 17.2. The van der Waals surface area contributed by atoms with Crippen molar-refractivity contribution in [2.45, 2.75) is 0 Å². The molecule has 0 N–H and O–H groups in total. The Morgan fingerprint density at radius 3 is 1.64 bits per heavy atom. The van der Waals surface area contributed by atoms with Crippen LogP contribution in [0.15, 0.2) is 328 Å². The highest BCUT2D eigenvalue weighted by Crippen LogP contribution is 2.54. The third-order valence-corrected chi connectivity index (χ3v) is 23.0. The maximum atomic E-state index is 2.72. The highest BCUT2D eigenvalue weighted by molar-refractivity contribution is 6.92. The first-order valence-corrected chi connectivity index (χ1v) is 34.9. The van der Waals surface area contributed by atoms with Crippen LogP contribution in [-0.4, -0.2) is 31.8 Å². The standard InChI is InChI=1S/C92H54B2N6/c1-3-23-63(24-4-1)95-48-46-73-83(95)54-75-77-53-62(52-76-70-31-14-16-35-81(70)99(89(76)77)93-78-43-40-58-21-9-12-29-68(58)90(78)98(91(73)85(75)93)79-36-17-22-56-19-7-10-27-66(56)79)59-38-37-55-39-42-65(50-61(55)49-59)97-82-44-41-57-20-8-11-28-67(57)84(82)94-86-74(51-60-45-47-96(87(60)92(86)97)64-25-5-2-6-26-64)72-33-18-32-71-69-30-13-15-34-80(69)100(94)88(71)72/h1-54H. The van der Waals surface area contributed by atoms with Crippen molar-refractivity contribution < 1.29 is 0 Å². The van der Waals surface area contributed by atoms with Crippen molar-refractivity contribution in [2.75, 3.05) is 9.80 Å². The summed E-state index contributed by atoms with van der Waals surface area (Å²) in [4.78, 5) is 5.29. The van der Waals surface area contributed by atoms with Crippen LogP contribution in [0.5, 0.6) is 0 Å². The molecule has 0 saturated heterocycles. The largest absolute Gasteiger partial charge is 0.375 e. The smallest absolute Gasteiger partial charge is 0.333 e. The number of nitrogens with zero attached hydrogens (tertiary/aromatic N) is 6. The Balaban J connectivity index is 0.770. The molecule has 16 aromatic carbocycles. The zero-order valence-electron chi connectivity index (χ0n) is 54.0. The molecule has 0 unspecified atom stereocenters. The van der Waals surface area contributed by atoms with Crippen molar-refractivity contribution in [3.8, 4) is 44.8 Å². The van der Waals surface area contributed by atoms with Gasteiger partial charge in [-0.05, 0) is 180 Å². The first kappa shape index (κ1) is 53.2. The van der Waals surface area contributed by atoms with Gasteiger partial charge < -0.3 is 27.9 Å². The number of rotatable bonds is 5. The molecule has 100 heavy (non-hydrogen) atoms. The fourth-order valence-corrected chi connectivity index (χ4v) is 19.0. The van der Waals surface area contributed by atoms with Crippen LogP contribution < -0.4 is 31.7 Å². The molecule has 4 aliphatic rings. The summed E-state index contributed by atoms with van der Waals surface area (Å²) in [5.74, 6) is 0. The molecule has 24 rings (SSSR count). The summed E-state index contributed by atoms with van der Waals surface area (Å²) in [6, 6.07) is 120. The van der Waals surface area contributed by atoms with Crippen molar-refractivity contribution >= 4 is 178 Å². The second-order valence-corrected chi connectivity index (χ2v) is 27.8. The molecule has 0 saturated carbocycles. The zero-order chi connectivity index (χ0) is 64.7. The normalized spacial score (nSPS) is 13.3. The monoisotopic (exact) mass is 1260 g/mol. The fourth-order valence-electron chi connectivity index (χ4n) is 19.0. The van der Waals surface area contributed by atoms with Gasteiger partial charge in [0, 0.05) is 111 Å². The summed E-state index contributed by atoms with van der Waals surface area (Å²) < 4.78 is 10.3. The molecule has 0 aliphatic carbocycles. The number of para-hydroxylation sites is 5. The van der Waals surface area contributed by atoms with Gasteiger partial charge in [0.25, 0.3) is 0 Å². The van der Waals surface area contributed by atoms with E-state index in [1.54, 1.807) is 0 Å². The van der Waals surface area contributed by atoms with E-state index in [0.29, 0.717) is 0 Å². The third kappa shape index (κ3) is 6.84. The molecule has 0 bridgehead atoms. The number of anilines is 6. The first-order chi connectivity index (χ1) is 49.6. The summed E-state index contributed by atoms with van der Waals surface area (Å²) in [6.07, 6.45) is 4.58. The van der Waals surface area contributed by atoms with Crippen LogP contribution in [0.25, 0.3) is 153 Å². The molecule has 458 valence electrons. The van der Waals surface area contributed by atoms with Gasteiger partial charge in [-0.1, -0.05) is 212 Å². The van der Waals surface area contributed by atoms with E-state index in [0.717, 1.165) is 22.7 Å². The van der Waals surface area contributed by atoms with Crippen LogP contribution >= 0.6 is 0 Å². The van der Waals surface area contributed by atoms with Crippen LogP contribution in [0.3, 0.4) is 0 Å². The van der Waals surface area contributed by atoms with E-state index < -0.39 is 0 Å². The quantitative estimate of drug-likeness (QED) is 0.161. The molecular weight excluding hydrogens is 1210 g/mol. The number of hydrogen-bond donors (Lipinski definition) is 0. The fraction of sp³-hybridized carbons (Fsp3) is 0. The van der Waals surface area contributed by atoms with Crippen LogP contribution in [0, 0.1) is 0 Å². The SMILES string of the molecule is c1ccc(-n2ccc3c4c5c(cc32)-c2cc(-c3ccc6ccc(N7c8ccc9ccccc9c8B8c9c(cc%10ccn(-c%11ccccc%11)c%10c97)-c7cccc9c%10ccccc%10n8c79)cc6c3)cc3c6ccccc6n(c23)B5c2ccc3ccccc3c2N4c2cccc3ccccc23)cc1. The van der Waals surface area contributed by atoms with Crippen LogP contribution in [0.1, 0.15) is 0 Å². The molecule has 8 heteroatoms. The average Bonchev–Trinajstić information content (AvgIpc) is 1.32. The summed E-state index contributed by atoms with van der Waals surface area (Å²) in [5.41, 5.74) is 29.4. The Hall–Kier alpha value is -13.0. The predicted octanol–water partition coefficient (Wildman–Crippen LogP) is 20.9. The van der Waals surface area contributed by atoms with Gasteiger partial charge in [-0.2, -0.15) is 0 Å². The lowest BCUT2D eigenvalue weighted by atomic mass is 9.44. The van der Waals surface area contributed by atoms with E-state index in [9.17, 15) is 0 Å². The minimum absolute atomic E-state index is 0.128. The van der Waals surface area contributed by atoms with Crippen LogP contribution in [0.2, 0.25) is 0 Å². The molecule has 4 aliphatic heterocycles. The lowest BCUT2D eigenvalue weighted by Crippen LogP contribution is -2.57. The molecule has 0 amide bonds. The van der Waals surface area contributed by atoms with Crippen molar-refractivity contribution in [1.29, 1.82) is 0 Å². The average molecular weight is 1270 g/mol. The molecule has 8 heterocycles.